The van der Waals surface area contributed by atoms with E-state index in [-0.39, 0.29) is 11.8 Å². The second-order valence-corrected chi connectivity index (χ2v) is 9.57. The number of carbonyl (C=O) groups excluding carboxylic acids is 1. The van der Waals surface area contributed by atoms with Crippen molar-refractivity contribution in [3.8, 4) is 5.69 Å². The Morgan fingerprint density at radius 3 is 2.52 bits per heavy atom. The summed E-state index contributed by atoms with van der Waals surface area (Å²) < 4.78 is 1.49. The Bertz CT molecular complexity index is 1030. The lowest BCUT2D eigenvalue weighted by Crippen LogP contribution is -2.48. The van der Waals surface area contributed by atoms with E-state index in [1.807, 2.05) is 12.1 Å². The molecule has 1 aliphatic carbocycles. The number of hydrogen-bond donors (Lipinski definition) is 3. The normalized spacial score (nSPS) is 25.5. The molecule has 1 aromatic heterocycles. The first kappa shape index (κ1) is 22.1. The maximum Gasteiger partial charge on any atom is 0.354 e. The summed E-state index contributed by atoms with van der Waals surface area (Å²) >= 11 is 0. The molecule has 2 amide bonds. The molecule has 1 saturated carbocycles. The standard InChI is InChI=1S/C24H33N7O2/c1-16(25)22-19-14-29(15-20(19)22)10-6-17-2-4-18(5-3-17)31-11-7-21(28-24(31)33)27-23(32)30-12-8-26-9-13-30/h2-5,7,11,16,19-20,22,26H,6,8-10,12-15,25H2,1H3,(H,27,28,32,33)/t16?,19-,20+,22?. The van der Waals surface area contributed by atoms with Crippen molar-refractivity contribution in [2.24, 2.45) is 23.5 Å². The average Bonchev–Trinajstić information content (AvgIpc) is 3.34. The van der Waals surface area contributed by atoms with E-state index in [1.54, 1.807) is 17.2 Å². The van der Waals surface area contributed by atoms with Gasteiger partial charge in [0, 0.05) is 58.1 Å². The number of piperidine rings is 1. The molecule has 3 heterocycles. The highest BCUT2D eigenvalue weighted by Crippen LogP contribution is 2.52. The molecule has 5 rings (SSSR count). The minimum absolute atomic E-state index is 0.228. The van der Waals surface area contributed by atoms with Gasteiger partial charge in [-0.25, -0.2) is 9.59 Å². The summed E-state index contributed by atoms with van der Waals surface area (Å²) in [6, 6.07) is 9.80. The number of hydrogen-bond acceptors (Lipinski definition) is 6. The number of piperazine rings is 1. The van der Waals surface area contributed by atoms with Gasteiger partial charge in [0.05, 0.1) is 5.69 Å². The number of benzene rings is 1. The summed E-state index contributed by atoms with van der Waals surface area (Å²) in [4.78, 5) is 33.2. The van der Waals surface area contributed by atoms with Crippen LogP contribution in [0.5, 0.6) is 0 Å². The van der Waals surface area contributed by atoms with E-state index in [2.05, 4.69) is 39.6 Å². The van der Waals surface area contributed by atoms with Gasteiger partial charge in [0.25, 0.3) is 0 Å². The lowest BCUT2D eigenvalue weighted by Gasteiger charge is -2.27. The Hall–Kier alpha value is -2.75. The fourth-order valence-electron chi connectivity index (χ4n) is 5.46. The number of amides is 2. The minimum Gasteiger partial charge on any atom is -0.328 e. The van der Waals surface area contributed by atoms with Gasteiger partial charge in [-0.3, -0.25) is 9.88 Å². The van der Waals surface area contributed by atoms with Crippen LogP contribution in [0.1, 0.15) is 12.5 Å². The number of carbonyl (C=O) groups is 1. The molecular formula is C24H33N7O2. The highest BCUT2D eigenvalue weighted by molar-refractivity contribution is 5.88. The molecule has 9 nitrogen and oxygen atoms in total. The molecule has 0 spiro atoms. The van der Waals surface area contributed by atoms with Crippen molar-refractivity contribution in [2.75, 3.05) is 51.1 Å². The molecule has 9 heteroatoms. The maximum absolute atomic E-state index is 12.6. The molecule has 0 radical (unpaired) electrons. The van der Waals surface area contributed by atoms with Crippen molar-refractivity contribution in [3.05, 3.63) is 52.6 Å². The zero-order chi connectivity index (χ0) is 22.9. The van der Waals surface area contributed by atoms with Gasteiger partial charge < -0.3 is 20.9 Å². The van der Waals surface area contributed by atoms with Crippen molar-refractivity contribution >= 4 is 11.8 Å². The van der Waals surface area contributed by atoms with Crippen LogP contribution in [0.4, 0.5) is 10.6 Å². The fourth-order valence-corrected chi connectivity index (χ4v) is 5.46. The third-order valence-electron chi connectivity index (χ3n) is 7.32. The molecule has 4 atom stereocenters. The summed E-state index contributed by atoms with van der Waals surface area (Å²) in [5.74, 6) is 2.60. The molecule has 0 bridgehead atoms. The van der Waals surface area contributed by atoms with Crippen molar-refractivity contribution in [2.45, 2.75) is 19.4 Å². The molecule has 4 N–H and O–H groups in total. The van der Waals surface area contributed by atoms with Crippen molar-refractivity contribution in [1.29, 1.82) is 0 Å². The van der Waals surface area contributed by atoms with Gasteiger partial charge in [-0.2, -0.15) is 4.98 Å². The van der Waals surface area contributed by atoms with Gasteiger partial charge in [0.15, 0.2) is 0 Å². The fraction of sp³-hybridized carbons (Fsp3) is 0.542. The first-order chi connectivity index (χ1) is 16.0. The monoisotopic (exact) mass is 451 g/mol. The minimum atomic E-state index is -0.416. The smallest absolute Gasteiger partial charge is 0.328 e. The molecular weight excluding hydrogens is 418 g/mol. The summed E-state index contributed by atoms with van der Waals surface area (Å²) in [7, 11) is 0. The van der Waals surface area contributed by atoms with Crippen LogP contribution in [-0.2, 0) is 6.42 Å². The van der Waals surface area contributed by atoms with Gasteiger partial charge in [-0.15, -0.1) is 0 Å². The Balaban J connectivity index is 1.15. The van der Waals surface area contributed by atoms with E-state index in [1.165, 1.54) is 23.2 Å². The lowest BCUT2D eigenvalue weighted by molar-refractivity contribution is 0.204. The molecule has 2 saturated heterocycles. The van der Waals surface area contributed by atoms with Gasteiger partial charge in [0.2, 0.25) is 0 Å². The van der Waals surface area contributed by atoms with Crippen LogP contribution < -0.4 is 22.1 Å². The third-order valence-corrected chi connectivity index (χ3v) is 7.32. The SMILES string of the molecule is CC(N)C1[C@H]2CN(CCc3ccc(-n4ccc(NC(=O)N5CCNCC5)nc4=O)cc3)C[C@@H]12. The third kappa shape index (κ3) is 4.80. The molecule has 1 aromatic carbocycles. The number of nitrogens with one attached hydrogen (secondary N) is 2. The van der Waals surface area contributed by atoms with Crippen LogP contribution in [0.15, 0.2) is 41.3 Å². The summed E-state index contributed by atoms with van der Waals surface area (Å²) in [5, 5.41) is 5.93. The average molecular weight is 452 g/mol. The number of fused-ring (bicyclic) bond motifs is 1. The first-order valence-corrected chi connectivity index (χ1v) is 11.9. The number of nitrogens with two attached hydrogens (primary N) is 1. The second kappa shape index (κ2) is 9.24. The van der Waals surface area contributed by atoms with Crippen molar-refractivity contribution in [1.82, 2.24) is 24.7 Å². The second-order valence-electron chi connectivity index (χ2n) is 9.57. The number of aromatic nitrogens is 2. The molecule has 33 heavy (non-hydrogen) atoms. The number of likely N-dealkylation sites (tertiary alicyclic amines) is 1. The Kier molecular flexibility index (Phi) is 6.18. The molecule has 3 fully saturated rings. The van der Waals surface area contributed by atoms with E-state index >= 15 is 0 Å². The number of anilines is 1. The van der Waals surface area contributed by atoms with Crippen LogP contribution in [-0.4, -0.2) is 77.2 Å². The van der Waals surface area contributed by atoms with E-state index in [9.17, 15) is 9.59 Å². The summed E-state index contributed by atoms with van der Waals surface area (Å²) in [6.07, 6.45) is 2.65. The first-order valence-electron chi connectivity index (χ1n) is 11.9. The lowest BCUT2D eigenvalue weighted by atomic mass is 10.1. The van der Waals surface area contributed by atoms with Crippen LogP contribution in [0.25, 0.3) is 5.69 Å². The maximum atomic E-state index is 12.6. The van der Waals surface area contributed by atoms with Gasteiger partial charge in [-0.1, -0.05) is 12.1 Å². The van der Waals surface area contributed by atoms with E-state index in [0.29, 0.717) is 19.1 Å². The predicted octanol–water partition coefficient (Wildman–Crippen LogP) is 0.737. The molecule has 2 aliphatic heterocycles. The zero-order valence-electron chi connectivity index (χ0n) is 19.1. The molecule has 3 aliphatic rings. The quantitative estimate of drug-likeness (QED) is 0.598. The van der Waals surface area contributed by atoms with Crippen molar-refractivity contribution in [3.63, 3.8) is 0 Å². The highest BCUT2D eigenvalue weighted by Gasteiger charge is 2.56. The van der Waals surface area contributed by atoms with Crippen LogP contribution >= 0.6 is 0 Å². The molecule has 2 unspecified atom stereocenters. The largest absolute Gasteiger partial charge is 0.354 e. The van der Waals surface area contributed by atoms with E-state index in [0.717, 1.165) is 49.5 Å². The Morgan fingerprint density at radius 1 is 1.18 bits per heavy atom. The number of nitrogens with zero attached hydrogens (tertiary/aromatic N) is 4. The number of urea groups is 1. The van der Waals surface area contributed by atoms with Gasteiger partial charge in [0.1, 0.15) is 5.82 Å². The molecule has 176 valence electrons. The zero-order valence-corrected chi connectivity index (χ0v) is 19.1. The van der Waals surface area contributed by atoms with Crippen LogP contribution in [0.2, 0.25) is 0 Å². The van der Waals surface area contributed by atoms with Crippen LogP contribution in [0.3, 0.4) is 0 Å². The summed E-state index contributed by atoms with van der Waals surface area (Å²) in [5.41, 5.74) is 7.66. The van der Waals surface area contributed by atoms with E-state index < -0.39 is 5.69 Å². The van der Waals surface area contributed by atoms with Crippen molar-refractivity contribution < 1.29 is 4.79 Å². The molecule has 2 aromatic rings. The Labute approximate surface area is 194 Å². The van der Waals surface area contributed by atoms with Gasteiger partial charge >= 0.3 is 11.7 Å². The van der Waals surface area contributed by atoms with Crippen LogP contribution in [0, 0.1) is 17.8 Å². The topological polar surface area (TPSA) is 109 Å². The Morgan fingerprint density at radius 2 is 1.88 bits per heavy atom. The van der Waals surface area contributed by atoms with E-state index in [4.69, 9.17) is 5.73 Å². The number of rotatable bonds is 6. The summed E-state index contributed by atoms with van der Waals surface area (Å²) in [6.45, 7) is 8.36. The highest BCUT2D eigenvalue weighted by atomic mass is 16.2. The van der Waals surface area contributed by atoms with Gasteiger partial charge in [-0.05, 0) is 54.9 Å². The predicted molar refractivity (Wildman–Crippen MR) is 128 cm³/mol.